The highest BCUT2D eigenvalue weighted by atomic mass is 19.1. The highest BCUT2D eigenvalue weighted by Crippen LogP contribution is 2.20. The zero-order chi connectivity index (χ0) is 16.5. The molecule has 0 atom stereocenters. The molecule has 1 aromatic carbocycles. The molecule has 0 aliphatic carbocycles. The van der Waals surface area contributed by atoms with E-state index in [0.717, 1.165) is 18.5 Å². The molecule has 5 nitrogen and oxygen atoms in total. The van der Waals surface area contributed by atoms with E-state index in [1.807, 2.05) is 6.92 Å². The fourth-order valence-corrected chi connectivity index (χ4v) is 2.45. The number of aliphatic hydroxyl groups is 1. The van der Waals surface area contributed by atoms with Gasteiger partial charge in [-0.15, -0.1) is 0 Å². The Hall–Kier alpha value is -1.66. The van der Waals surface area contributed by atoms with Crippen molar-refractivity contribution in [1.82, 2.24) is 10.6 Å². The fourth-order valence-electron chi connectivity index (χ4n) is 2.45. The predicted molar refractivity (Wildman–Crippen MR) is 89.1 cm³/mol. The van der Waals surface area contributed by atoms with Crippen LogP contribution in [0, 0.1) is 5.82 Å². The summed E-state index contributed by atoms with van der Waals surface area (Å²) >= 11 is 0. The Morgan fingerprint density at radius 1 is 1.26 bits per heavy atom. The molecule has 1 aromatic rings. The van der Waals surface area contributed by atoms with Crippen molar-refractivity contribution in [3.63, 3.8) is 0 Å². The van der Waals surface area contributed by atoms with Crippen LogP contribution in [0.3, 0.4) is 0 Å². The molecule has 0 amide bonds. The average molecular weight is 323 g/mol. The molecule has 23 heavy (non-hydrogen) atoms. The maximum atomic E-state index is 12.9. The topological polar surface area (TPSA) is 65.9 Å². The zero-order valence-corrected chi connectivity index (χ0v) is 13.6. The second kappa shape index (κ2) is 8.84. The molecule has 6 heteroatoms. The minimum absolute atomic E-state index is 0.221. The SMILES string of the molecule is CCNC(=NCC1(O)CCOCC1)NCCc1ccc(F)cc1. The molecular formula is C17H26FN3O2. The van der Waals surface area contributed by atoms with Gasteiger partial charge in [-0.3, -0.25) is 4.99 Å². The van der Waals surface area contributed by atoms with Crippen LogP contribution in [0.1, 0.15) is 25.3 Å². The number of benzene rings is 1. The van der Waals surface area contributed by atoms with Crippen molar-refractivity contribution in [3.05, 3.63) is 35.6 Å². The molecule has 0 aromatic heterocycles. The van der Waals surface area contributed by atoms with E-state index >= 15 is 0 Å². The van der Waals surface area contributed by atoms with Gasteiger partial charge >= 0.3 is 0 Å². The molecule has 0 saturated carbocycles. The van der Waals surface area contributed by atoms with Crippen LogP contribution in [0.2, 0.25) is 0 Å². The molecule has 2 rings (SSSR count). The van der Waals surface area contributed by atoms with E-state index in [1.165, 1.54) is 12.1 Å². The van der Waals surface area contributed by atoms with Gasteiger partial charge in [0.05, 0.1) is 12.1 Å². The van der Waals surface area contributed by atoms with Gasteiger partial charge in [-0.05, 0) is 31.0 Å². The van der Waals surface area contributed by atoms with Crippen LogP contribution in [-0.4, -0.2) is 49.5 Å². The first-order valence-electron chi connectivity index (χ1n) is 8.18. The summed E-state index contributed by atoms with van der Waals surface area (Å²) in [4.78, 5) is 4.48. The third-order valence-electron chi connectivity index (χ3n) is 3.92. The highest BCUT2D eigenvalue weighted by Gasteiger charge is 2.29. The van der Waals surface area contributed by atoms with E-state index < -0.39 is 5.60 Å². The normalized spacial score (nSPS) is 17.8. The van der Waals surface area contributed by atoms with Gasteiger partial charge in [0.15, 0.2) is 5.96 Å². The Kier molecular flexibility index (Phi) is 6.80. The molecule has 1 aliphatic rings. The van der Waals surface area contributed by atoms with Crippen molar-refractivity contribution in [2.24, 2.45) is 4.99 Å². The minimum atomic E-state index is -0.766. The van der Waals surface area contributed by atoms with Gasteiger partial charge in [-0.1, -0.05) is 12.1 Å². The summed E-state index contributed by atoms with van der Waals surface area (Å²) in [5.41, 5.74) is 0.301. The molecule has 1 fully saturated rings. The van der Waals surface area contributed by atoms with Crippen molar-refractivity contribution >= 4 is 5.96 Å². The van der Waals surface area contributed by atoms with Crippen LogP contribution in [-0.2, 0) is 11.2 Å². The van der Waals surface area contributed by atoms with Crippen LogP contribution >= 0.6 is 0 Å². The predicted octanol–water partition coefficient (Wildman–Crippen LogP) is 1.46. The Morgan fingerprint density at radius 3 is 2.61 bits per heavy atom. The lowest BCUT2D eigenvalue weighted by Gasteiger charge is -2.30. The van der Waals surface area contributed by atoms with E-state index in [9.17, 15) is 9.50 Å². The average Bonchev–Trinajstić information content (AvgIpc) is 2.55. The lowest BCUT2D eigenvalue weighted by molar-refractivity contribution is -0.0565. The van der Waals surface area contributed by atoms with Gasteiger partial charge in [0, 0.05) is 39.1 Å². The molecule has 1 heterocycles. The van der Waals surface area contributed by atoms with Crippen molar-refractivity contribution in [2.45, 2.75) is 31.8 Å². The Balaban J connectivity index is 1.82. The highest BCUT2D eigenvalue weighted by molar-refractivity contribution is 5.79. The summed E-state index contributed by atoms with van der Waals surface area (Å²) in [6, 6.07) is 6.50. The number of nitrogens with one attached hydrogen (secondary N) is 2. The lowest BCUT2D eigenvalue weighted by atomic mass is 9.95. The number of nitrogens with zero attached hydrogens (tertiary/aromatic N) is 1. The van der Waals surface area contributed by atoms with Crippen LogP contribution in [0.15, 0.2) is 29.3 Å². The standard InChI is InChI=1S/C17H26FN3O2/c1-2-19-16(21-13-17(22)8-11-23-12-9-17)20-10-7-14-3-5-15(18)6-4-14/h3-6,22H,2,7-13H2,1H3,(H2,19,20,21). The van der Waals surface area contributed by atoms with Crippen LogP contribution in [0.5, 0.6) is 0 Å². The molecule has 128 valence electrons. The molecule has 0 unspecified atom stereocenters. The lowest BCUT2D eigenvalue weighted by Crippen LogP contribution is -2.43. The third kappa shape index (κ3) is 6.15. The summed E-state index contributed by atoms with van der Waals surface area (Å²) in [6.45, 7) is 4.98. The van der Waals surface area contributed by atoms with Crippen LogP contribution < -0.4 is 10.6 Å². The van der Waals surface area contributed by atoms with Crippen molar-refractivity contribution in [1.29, 1.82) is 0 Å². The number of halogens is 1. The Bertz CT molecular complexity index is 499. The Morgan fingerprint density at radius 2 is 1.96 bits per heavy atom. The monoisotopic (exact) mass is 323 g/mol. The number of guanidine groups is 1. The largest absolute Gasteiger partial charge is 0.388 e. The van der Waals surface area contributed by atoms with E-state index in [2.05, 4.69) is 15.6 Å². The van der Waals surface area contributed by atoms with Gasteiger partial charge in [0.1, 0.15) is 5.82 Å². The Labute approximate surface area is 137 Å². The molecule has 3 N–H and O–H groups in total. The minimum Gasteiger partial charge on any atom is -0.388 e. The van der Waals surface area contributed by atoms with Gasteiger partial charge in [0.25, 0.3) is 0 Å². The number of hydrogen-bond donors (Lipinski definition) is 3. The van der Waals surface area contributed by atoms with Crippen molar-refractivity contribution in [2.75, 3.05) is 32.8 Å². The number of rotatable bonds is 6. The third-order valence-corrected chi connectivity index (χ3v) is 3.92. The van der Waals surface area contributed by atoms with Gasteiger partial charge < -0.3 is 20.5 Å². The van der Waals surface area contributed by atoms with Gasteiger partial charge in [0.2, 0.25) is 0 Å². The van der Waals surface area contributed by atoms with Crippen LogP contribution in [0.25, 0.3) is 0 Å². The summed E-state index contributed by atoms with van der Waals surface area (Å²) in [6.07, 6.45) is 2.01. The van der Waals surface area contributed by atoms with E-state index in [0.29, 0.717) is 45.1 Å². The number of aliphatic imine (C=N–C) groups is 1. The molecule has 0 spiro atoms. The smallest absolute Gasteiger partial charge is 0.191 e. The number of ether oxygens (including phenoxy) is 1. The maximum Gasteiger partial charge on any atom is 0.191 e. The summed E-state index contributed by atoms with van der Waals surface area (Å²) < 4.78 is 18.1. The second-order valence-electron chi connectivity index (χ2n) is 5.84. The summed E-state index contributed by atoms with van der Waals surface area (Å²) in [7, 11) is 0. The fraction of sp³-hybridized carbons (Fsp3) is 0.588. The van der Waals surface area contributed by atoms with E-state index in [1.54, 1.807) is 12.1 Å². The first-order valence-corrected chi connectivity index (χ1v) is 8.18. The van der Waals surface area contributed by atoms with Gasteiger partial charge in [-0.25, -0.2) is 4.39 Å². The first kappa shape index (κ1) is 17.7. The summed E-state index contributed by atoms with van der Waals surface area (Å²) in [5, 5.41) is 16.9. The first-order chi connectivity index (χ1) is 11.1. The van der Waals surface area contributed by atoms with Crippen molar-refractivity contribution in [3.8, 4) is 0 Å². The number of hydrogen-bond acceptors (Lipinski definition) is 3. The summed E-state index contributed by atoms with van der Waals surface area (Å²) in [5.74, 6) is 0.468. The van der Waals surface area contributed by atoms with Crippen LogP contribution in [0.4, 0.5) is 4.39 Å². The molecule has 0 bridgehead atoms. The van der Waals surface area contributed by atoms with Gasteiger partial charge in [-0.2, -0.15) is 0 Å². The maximum absolute atomic E-state index is 12.9. The molecular weight excluding hydrogens is 297 g/mol. The molecule has 1 aliphatic heterocycles. The van der Waals surface area contributed by atoms with E-state index in [-0.39, 0.29) is 5.82 Å². The quantitative estimate of drug-likeness (QED) is 0.548. The van der Waals surface area contributed by atoms with Crippen molar-refractivity contribution < 1.29 is 14.2 Å². The van der Waals surface area contributed by atoms with E-state index in [4.69, 9.17) is 4.74 Å². The second-order valence-corrected chi connectivity index (χ2v) is 5.84. The molecule has 1 saturated heterocycles. The molecule has 0 radical (unpaired) electrons. The zero-order valence-electron chi connectivity index (χ0n) is 13.6.